The quantitative estimate of drug-likeness (QED) is 0.847. The third kappa shape index (κ3) is 2.37. The summed E-state index contributed by atoms with van der Waals surface area (Å²) in [7, 11) is 0. The molecule has 0 aliphatic carbocycles. The molecular formula is C12H9NO5. The highest BCUT2D eigenvalue weighted by Crippen LogP contribution is 2.25. The lowest BCUT2D eigenvalue weighted by Crippen LogP contribution is -2.10. The summed E-state index contributed by atoms with van der Waals surface area (Å²) in [6, 6.07) is 7.98. The van der Waals surface area contributed by atoms with Crippen molar-refractivity contribution in [3.63, 3.8) is 0 Å². The minimum Gasteiger partial charge on any atom is -0.481 e. The van der Waals surface area contributed by atoms with Gasteiger partial charge in [-0.2, -0.15) is 0 Å². The number of pyridine rings is 1. The third-order valence-electron chi connectivity index (χ3n) is 2.25. The first-order valence-corrected chi connectivity index (χ1v) is 5.05. The minimum atomic E-state index is -1.19. The summed E-state index contributed by atoms with van der Waals surface area (Å²) in [6.45, 7) is -0.535. The Balaban J connectivity index is 2.53. The number of para-hydroxylation sites is 1. The molecule has 0 bridgehead atoms. The zero-order chi connectivity index (χ0) is 13.1. The first-order valence-electron chi connectivity index (χ1n) is 5.05. The van der Waals surface area contributed by atoms with E-state index in [0.717, 1.165) is 0 Å². The molecule has 0 saturated carbocycles. The Kier molecular flexibility index (Phi) is 3.09. The molecule has 18 heavy (non-hydrogen) atoms. The molecule has 2 N–H and O–H groups in total. The van der Waals surface area contributed by atoms with Gasteiger partial charge in [0.1, 0.15) is 5.75 Å². The SMILES string of the molecule is O=C(O)COc1cc(C(=O)O)nc2ccccc12. The van der Waals surface area contributed by atoms with E-state index in [-0.39, 0.29) is 11.4 Å². The predicted molar refractivity (Wildman–Crippen MR) is 61.8 cm³/mol. The van der Waals surface area contributed by atoms with Gasteiger partial charge in [-0.05, 0) is 12.1 Å². The van der Waals surface area contributed by atoms with E-state index >= 15 is 0 Å². The normalized spacial score (nSPS) is 10.2. The average Bonchev–Trinajstić information content (AvgIpc) is 2.35. The fourth-order valence-electron chi connectivity index (χ4n) is 1.51. The lowest BCUT2D eigenvalue weighted by Gasteiger charge is -2.08. The van der Waals surface area contributed by atoms with E-state index < -0.39 is 18.5 Å². The van der Waals surface area contributed by atoms with E-state index in [2.05, 4.69) is 4.98 Å². The number of benzene rings is 1. The molecule has 0 amide bonds. The predicted octanol–water partition coefficient (Wildman–Crippen LogP) is 1.40. The number of carbonyl (C=O) groups is 2. The average molecular weight is 247 g/mol. The summed E-state index contributed by atoms with van der Waals surface area (Å²) in [6.07, 6.45) is 0. The van der Waals surface area contributed by atoms with Gasteiger partial charge in [-0.15, -0.1) is 0 Å². The zero-order valence-electron chi connectivity index (χ0n) is 9.16. The summed E-state index contributed by atoms with van der Waals surface area (Å²) in [4.78, 5) is 25.3. The van der Waals surface area contributed by atoms with Crippen LogP contribution in [0, 0.1) is 0 Å². The van der Waals surface area contributed by atoms with Crippen molar-refractivity contribution in [3.8, 4) is 5.75 Å². The van der Waals surface area contributed by atoms with Crippen LogP contribution in [0.1, 0.15) is 10.5 Å². The van der Waals surface area contributed by atoms with E-state index in [1.165, 1.54) is 6.07 Å². The number of rotatable bonds is 4. The maximum Gasteiger partial charge on any atom is 0.354 e. The monoisotopic (exact) mass is 247 g/mol. The second-order valence-corrected chi connectivity index (χ2v) is 3.51. The molecule has 0 saturated heterocycles. The van der Waals surface area contributed by atoms with Gasteiger partial charge in [0.05, 0.1) is 5.52 Å². The highest BCUT2D eigenvalue weighted by atomic mass is 16.5. The Labute approximate surface area is 101 Å². The number of ether oxygens (including phenoxy) is 1. The molecule has 1 heterocycles. The van der Waals surface area contributed by atoms with Crippen LogP contribution < -0.4 is 4.74 Å². The highest BCUT2D eigenvalue weighted by molar-refractivity contribution is 5.93. The van der Waals surface area contributed by atoms with E-state index in [1.54, 1.807) is 24.3 Å². The van der Waals surface area contributed by atoms with Crippen LogP contribution in [0.15, 0.2) is 30.3 Å². The molecule has 1 aromatic carbocycles. The maximum absolute atomic E-state index is 10.9. The zero-order valence-corrected chi connectivity index (χ0v) is 9.16. The van der Waals surface area contributed by atoms with Gasteiger partial charge >= 0.3 is 11.9 Å². The summed E-state index contributed by atoms with van der Waals surface area (Å²) in [5.74, 6) is -2.13. The molecule has 0 atom stereocenters. The maximum atomic E-state index is 10.9. The number of fused-ring (bicyclic) bond motifs is 1. The van der Waals surface area contributed by atoms with E-state index in [9.17, 15) is 9.59 Å². The first-order chi connectivity index (χ1) is 8.58. The molecule has 6 heteroatoms. The number of nitrogens with zero attached hydrogens (tertiary/aromatic N) is 1. The van der Waals surface area contributed by atoms with Crippen LogP contribution in [0.5, 0.6) is 5.75 Å². The number of carboxylic acids is 2. The van der Waals surface area contributed by atoms with Crippen molar-refractivity contribution in [2.45, 2.75) is 0 Å². The standard InChI is InChI=1S/C12H9NO5/c14-11(15)6-18-10-5-9(12(16)17)13-8-4-2-1-3-7(8)10/h1-5H,6H2,(H,14,15)(H,16,17). The van der Waals surface area contributed by atoms with E-state index in [0.29, 0.717) is 10.9 Å². The van der Waals surface area contributed by atoms with Crippen molar-refractivity contribution in [3.05, 3.63) is 36.0 Å². The second kappa shape index (κ2) is 4.70. The lowest BCUT2D eigenvalue weighted by molar-refractivity contribution is -0.139. The molecule has 0 fully saturated rings. The van der Waals surface area contributed by atoms with Crippen molar-refractivity contribution < 1.29 is 24.5 Å². The fraction of sp³-hybridized carbons (Fsp3) is 0.0833. The van der Waals surface area contributed by atoms with Gasteiger partial charge < -0.3 is 14.9 Å². The van der Waals surface area contributed by atoms with Crippen LogP contribution in [-0.4, -0.2) is 33.7 Å². The van der Waals surface area contributed by atoms with Crippen LogP contribution in [0.25, 0.3) is 10.9 Å². The van der Waals surface area contributed by atoms with Crippen LogP contribution in [-0.2, 0) is 4.79 Å². The Morgan fingerprint density at radius 2 is 1.94 bits per heavy atom. The first kappa shape index (κ1) is 11.8. The molecule has 2 rings (SSSR count). The molecule has 0 radical (unpaired) electrons. The van der Waals surface area contributed by atoms with Gasteiger partial charge in [0.15, 0.2) is 12.3 Å². The van der Waals surface area contributed by atoms with Crippen molar-refractivity contribution in [2.75, 3.05) is 6.61 Å². The molecule has 6 nitrogen and oxygen atoms in total. The van der Waals surface area contributed by atoms with Gasteiger partial charge in [-0.1, -0.05) is 12.1 Å². The fourth-order valence-corrected chi connectivity index (χ4v) is 1.51. The molecule has 0 aliphatic rings. The smallest absolute Gasteiger partial charge is 0.354 e. The van der Waals surface area contributed by atoms with Gasteiger partial charge in [0, 0.05) is 11.5 Å². The lowest BCUT2D eigenvalue weighted by atomic mass is 10.2. The molecule has 1 aromatic heterocycles. The minimum absolute atomic E-state index is 0.186. The van der Waals surface area contributed by atoms with Crippen LogP contribution in [0.2, 0.25) is 0 Å². The van der Waals surface area contributed by atoms with Gasteiger partial charge in [-0.3, -0.25) is 0 Å². The van der Waals surface area contributed by atoms with Crippen molar-refractivity contribution in [1.29, 1.82) is 0 Å². The molecule has 0 aliphatic heterocycles. The number of hydrogen-bond donors (Lipinski definition) is 2. The number of hydrogen-bond acceptors (Lipinski definition) is 4. The summed E-state index contributed by atoms with van der Waals surface area (Å²) < 4.78 is 5.07. The Bertz CT molecular complexity index is 623. The second-order valence-electron chi connectivity index (χ2n) is 3.51. The molecule has 0 spiro atoms. The Morgan fingerprint density at radius 1 is 1.22 bits per heavy atom. The van der Waals surface area contributed by atoms with Crippen molar-refractivity contribution >= 4 is 22.8 Å². The highest BCUT2D eigenvalue weighted by Gasteiger charge is 2.12. The van der Waals surface area contributed by atoms with Crippen molar-refractivity contribution in [2.24, 2.45) is 0 Å². The summed E-state index contributed by atoms with van der Waals surface area (Å²) in [5, 5.41) is 18.1. The van der Waals surface area contributed by atoms with Gasteiger partial charge in [0.2, 0.25) is 0 Å². The van der Waals surface area contributed by atoms with Crippen LogP contribution >= 0.6 is 0 Å². The molecule has 0 unspecified atom stereocenters. The topological polar surface area (TPSA) is 96.7 Å². The Morgan fingerprint density at radius 3 is 2.61 bits per heavy atom. The van der Waals surface area contributed by atoms with Crippen LogP contribution in [0.4, 0.5) is 0 Å². The number of aromatic carboxylic acids is 1. The summed E-state index contributed by atoms with van der Waals surface area (Å²) in [5.41, 5.74) is 0.256. The molecule has 2 aromatic rings. The van der Waals surface area contributed by atoms with Crippen molar-refractivity contribution in [1.82, 2.24) is 4.98 Å². The third-order valence-corrected chi connectivity index (χ3v) is 2.25. The summed E-state index contributed by atoms with van der Waals surface area (Å²) >= 11 is 0. The Hall–Kier alpha value is -2.63. The van der Waals surface area contributed by atoms with Crippen LogP contribution in [0.3, 0.4) is 0 Å². The van der Waals surface area contributed by atoms with E-state index in [1.807, 2.05) is 0 Å². The van der Waals surface area contributed by atoms with E-state index in [4.69, 9.17) is 14.9 Å². The number of aromatic nitrogens is 1. The number of carboxylic acid groups (broad SMARTS) is 2. The van der Waals surface area contributed by atoms with Gasteiger partial charge in [-0.25, -0.2) is 14.6 Å². The molecular weight excluding hydrogens is 238 g/mol. The number of aliphatic carboxylic acids is 1. The largest absolute Gasteiger partial charge is 0.481 e. The molecule has 92 valence electrons. The van der Waals surface area contributed by atoms with Gasteiger partial charge in [0.25, 0.3) is 0 Å².